The number of rotatable bonds is 6. The Balaban J connectivity index is 2.04. The molecule has 0 aromatic heterocycles. The number of cyclic esters (lactones) is 1. The number of carbonyl (C=O) groups is 1. The van der Waals surface area contributed by atoms with E-state index in [9.17, 15) is 23.3 Å². The molecule has 29 heavy (non-hydrogen) atoms. The van der Waals surface area contributed by atoms with Gasteiger partial charge in [-0.2, -0.15) is 0 Å². The van der Waals surface area contributed by atoms with Crippen molar-refractivity contribution in [2.24, 2.45) is 0 Å². The zero-order valence-corrected chi connectivity index (χ0v) is 16.6. The van der Waals surface area contributed by atoms with Crippen LogP contribution in [0, 0.1) is 10.1 Å². The van der Waals surface area contributed by atoms with Gasteiger partial charge in [-0.25, -0.2) is 17.9 Å². The van der Waals surface area contributed by atoms with E-state index in [4.69, 9.17) is 14.2 Å². The maximum absolute atomic E-state index is 12.4. The first-order valence-electron chi connectivity index (χ1n) is 8.55. The fourth-order valence-corrected chi connectivity index (χ4v) is 3.79. The highest BCUT2D eigenvalue weighted by Gasteiger charge is 2.36. The van der Waals surface area contributed by atoms with Gasteiger partial charge in [0.1, 0.15) is 17.1 Å². The van der Waals surface area contributed by atoms with Gasteiger partial charge in [0, 0.05) is 26.5 Å². The summed E-state index contributed by atoms with van der Waals surface area (Å²) in [5.74, 6) is -1.93. The Bertz CT molecular complexity index is 1100. The van der Waals surface area contributed by atoms with Gasteiger partial charge < -0.3 is 14.2 Å². The Morgan fingerprint density at radius 1 is 1.17 bits per heavy atom. The molecule has 3 rings (SSSR count). The Morgan fingerprint density at radius 2 is 1.90 bits per heavy atom. The van der Waals surface area contributed by atoms with Crippen molar-refractivity contribution >= 4 is 21.7 Å². The molecule has 1 heterocycles. The first-order valence-corrected chi connectivity index (χ1v) is 10.0. The van der Waals surface area contributed by atoms with Crippen molar-refractivity contribution in [2.75, 3.05) is 6.54 Å². The molecule has 2 aromatic rings. The number of hydrogen-bond acceptors (Lipinski definition) is 8. The minimum atomic E-state index is -3.90. The third kappa shape index (κ3) is 4.15. The summed E-state index contributed by atoms with van der Waals surface area (Å²) in [4.78, 5) is 22.8. The molecule has 2 aromatic carbocycles. The van der Waals surface area contributed by atoms with Crippen molar-refractivity contribution in [1.29, 1.82) is 0 Å². The zero-order valence-electron chi connectivity index (χ0n) is 15.8. The molecule has 0 spiro atoms. The molecular weight excluding hydrogens is 404 g/mol. The lowest BCUT2D eigenvalue weighted by Gasteiger charge is -2.32. The van der Waals surface area contributed by atoms with Gasteiger partial charge in [-0.1, -0.05) is 13.0 Å². The molecule has 11 heteroatoms. The lowest BCUT2D eigenvalue weighted by molar-refractivity contribution is -0.385. The molecule has 1 aliphatic rings. The van der Waals surface area contributed by atoms with E-state index < -0.39 is 32.4 Å². The number of sulfonamides is 1. The molecule has 0 aliphatic carbocycles. The molecule has 10 nitrogen and oxygen atoms in total. The monoisotopic (exact) mass is 422 g/mol. The third-order valence-electron chi connectivity index (χ3n) is 3.88. The number of benzene rings is 2. The molecule has 1 aliphatic heterocycles. The Morgan fingerprint density at radius 3 is 2.55 bits per heavy atom. The second-order valence-corrected chi connectivity index (χ2v) is 8.28. The maximum atomic E-state index is 12.4. The molecule has 0 saturated carbocycles. The molecule has 0 fully saturated rings. The molecule has 0 bridgehead atoms. The van der Waals surface area contributed by atoms with Crippen LogP contribution in [0.3, 0.4) is 0 Å². The first-order chi connectivity index (χ1) is 13.5. The predicted octanol–water partition coefficient (Wildman–Crippen LogP) is 2.97. The van der Waals surface area contributed by atoms with Gasteiger partial charge in [-0.3, -0.25) is 10.1 Å². The van der Waals surface area contributed by atoms with Crippen molar-refractivity contribution in [3.8, 4) is 17.2 Å². The number of ether oxygens (including phenoxy) is 3. The van der Waals surface area contributed by atoms with Crippen molar-refractivity contribution in [1.82, 2.24) is 4.72 Å². The average Bonchev–Trinajstić information content (AvgIpc) is 2.60. The van der Waals surface area contributed by atoms with Gasteiger partial charge >= 0.3 is 11.7 Å². The summed E-state index contributed by atoms with van der Waals surface area (Å²) in [5.41, 5.74) is -0.600. The van der Waals surface area contributed by atoms with E-state index in [0.29, 0.717) is 0 Å². The van der Waals surface area contributed by atoms with Crippen LogP contribution in [0.25, 0.3) is 0 Å². The van der Waals surface area contributed by atoms with Crippen LogP contribution in [0.5, 0.6) is 17.2 Å². The van der Waals surface area contributed by atoms with Gasteiger partial charge in [-0.15, -0.1) is 0 Å². The van der Waals surface area contributed by atoms with Crippen molar-refractivity contribution < 1.29 is 32.3 Å². The second-order valence-electron chi connectivity index (χ2n) is 6.51. The normalized spacial score (nSPS) is 15.1. The van der Waals surface area contributed by atoms with Crippen molar-refractivity contribution in [2.45, 2.75) is 31.5 Å². The van der Waals surface area contributed by atoms with E-state index in [1.807, 2.05) is 0 Å². The van der Waals surface area contributed by atoms with Gasteiger partial charge in [0.25, 0.3) is 0 Å². The van der Waals surface area contributed by atoms with Crippen LogP contribution in [-0.4, -0.2) is 31.6 Å². The highest BCUT2D eigenvalue weighted by Crippen LogP contribution is 2.40. The number of nitrogens with zero attached hydrogens (tertiary/aromatic N) is 1. The fraction of sp³-hybridized carbons (Fsp3) is 0.278. The molecular formula is C18H18N2O8S. The largest absolute Gasteiger partial charge is 0.452 e. The van der Waals surface area contributed by atoms with Gasteiger partial charge in [-0.05, 0) is 24.3 Å². The molecule has 1 N–H and O–H groups in total. The predicted molar refractivity (Wildman–Crippen MR) is 101 cm³/mol. The Hall–Kier alpha value is -3.18. The second kappa shape index (κ2) is 7.33. The number of hydrogen-bond donors (Lipinski definition) is 1. The summed E-state index contributed by atoms with van der Waals surface area (Å²) in [5, 5.41) is 11.5. The van der Waals surface area contributed by atoms with Crippen molar-refractivity contribution in [3.05, 3.63) is 52.1 Å². The maximum Gasteiger partial charge on any atom is 0.349 e. The number of nitro benzene ring substituents is 1. The SMILES string of the molecule is CCNS(=O)(=O)c1ccc(Oc2cccc3c2C(=O)OC(C)(C)O3)c([N+](=O)[O-])c1. The molecule has 0 saturated heterocycles. The summed E-state index contributed by atoms with van der Waals surface area (Å²) in [6, 6.07) is 7.74. The van der Waals surface area contributed by atoms with Crippen LogP contribution < -0.4 is 14.2 Å². The number of fused-ring (bicyclic) bond motifs is 1. The van der Waals surface area contributed by atoms with Gasteiger partial charge in [0.05, 0.1) is 9.82 Å². The average molecular weight is 422 g/mol. The van der Waals surface area contributed by atoms with Crippen LogP contribution in [0.4, 0.5) is 5.69 Å². The highest BCUT2D eigenvalue weighted by molar-refractivity contribution is 7.89. The molecule has 0 unspecified atom stereocenters. The quantitative estimate of drug-likeness (QED) is 0.427. The van der Waals surface area contributed by atoms with Crippen LogP contribution in [0.2, 0.25) is 0 Å². The first kappa shape index (κ1) is 20.6. The van der Waals surface area contributed by atoms with Gasteiger partial charge in [0.2, 0.25) is 21.6 Å². The summed E-state index contributed by atoms with van der Waals surface area (Å²) in [6.07, 6.45) is 0. The lowest BCUT2D eigenvalue weighted by atomic mass is 10.1. The smallest absolute Gasteiger partial charge is 0.349 e. The summed E-state index contributed by atoms with van der Waals surface area (Å²) < 4.78 is 42.9. The van der Waals surface area contributed by atoms with E-state index in [-0.39, 0.29) is 34.3 Å². The molecule has 0 atom stereocenters. The zero-order chi connectivity index (χ0) is 21.4. The van der Waals surface area contributed by atoms with E-state index >= 15 is 0 Å². The number of nitrogens with one attached hydrogen (secondary N) is 1. The minimum absolute atomic E-state index is 0.0200. The summed E-state index contributed by atoms with van der Waals surface area (Å²) in [6.45, 7) is 4.85. The van der Waals surface area contributed by atoms with E-state index in [2.05, 4.69) is 4.72 Å². The molecule has 0 amide bonds. The minimum Gasteiger partial charge on any atom is -0.452 e. The third-order valence-corrected chi connectivity index (χ3v) is 5.42. The Labute approximate surface area is 166 Å². The Kier molecular flexibility index (Phi) is 5.20. The molecule has 0 radical (unpaired) electrons. The lowest BCUT2D eigenvalue weighted by Crippen LogP contribution is -2.38. The van der Waals surface area contributed by atoms with E-state index in [0.717, 1.165) is 12.1 Å². The van der Waals surface area contributed by atoms with E-state index in [1.165, 1.54) is 12.1 Å². The van der Waals surface area contributed by atoms with Crippen LogP contribution in [0.15, 0.2) is 41.3 Å². The standard InChI is InChI=1S/C18H18N2O8S/c1-4-19-29(24,25)11-8-9-13(12(10-11)20(22)23)26-14-6-5-7-15-16(14)17(21)28-18(2,3)27-15/h5-10,19H,4H2,1-3H3. The van der Waals surface area contributed by atoms with Crippen LogP contribution in [-0.2, 0) is 14.8 Å². The highest BCUT2D eigenvalue weighted by atomic mass is 32.2. The van der Waals surface area contributed by atoms with Gasteiger partial charge in [0.15, 0.2) is 0 Å². The van der Waals surface area contributed by atoms with Crippen molar-refractivity contribution in [3.63, 3.8) is 0 Å². The summed E-state index contributed by atoms with van der Waals surface area (Å²) >= 11 is 0. The van der Waals surface area contributed by atoms with Crippen LogP contribution in [0.1, 0.15) is 31.1 Å². The molecule has 154 valence electrons. The topological polar surface area (TPSA) is 134 Å². The fourth-order valence-electron chi connectivity index (χ4n) is 2.73. The number of nitro groups is 1. The number of carbonyl (C=O) groups excluding carboxylic acids is 1. The summed E-state index contributed by atoms with van der Waals surface area (Å²) in [7, 11) is -3.90. The van der Waals surface area contributed by atoms with E-state index in [1.54, 1.807) is 32.9 Å². The number of esters is 1. The van der Waals surface area contributed by atoms with Crippen LogP contribution >= 0.6 is 0 Å².